The molecule has 0 saturated heterocycles. The van der Waals surface area contributed by atoms with Crippen LogP contribution in [0.3, 0.4) is 0 Å². The molecule has 5 rings (SSSR count). The van der Waals surface area contributed by atoms with Crippen molar-refractivity contribution < 1.29 is 29.5 Å². The first-order valence-corrected chi connectivity index (χ1v) is 12.9. The summed E-state index contributed by atoms with van der Waals surface area (Å²) in [5, 5.41) is 13.9. The summed E-state index contributed by atoms with van der Waals surface area (Å²) in [5.41, 5.74) is 4.57. The number of hydrogen-bond acceptors (Lipinski definition) is 6. The predicted octanol–water partition coefficient (Wildman–Crippen LogP) is 5.78. The molecule has 4 aromatic rings. The molecular weight excluding hydrogens is 490 g/mol. The van der Waals surface area contributed by atoms with Gasteiger partial charge in [0, 0.05) is 11.6 Å². The highest BCUT2D eigenvalue weighted by Gasteiger charge is 2.25. The second kappa shape index (κ2) is 12.7. The Morgan fingerprint density at radius 1 is 0.872 bits per heavy atom. The summed E-state index contributed by atoms with van der Waals surface area (Å²) in [4.78, 5) is 0. The van der Waals surface area contributed by atoms with Gasteiger partial charge in [0.05, 0.1) is 26.2 Å². The highest BCUT2D eigenvalue weighted by Crippen LogP contribution is 2.40. The highest BCUT2D eigenvalue weighted by molar-refractivity contribution is 5.53. The predicted molar refractivity (Wildman–Crippen MR) is 152 cm³/mol. The molecule has 1 heterocycles. The average molecular weight is 530 g/mol. The average Bonchev–Trinajstić information content (AvgIpc) is 3.00. The zero-order chi connectivity index (χ0) is 30.5. The van der Waals surface area contributed by atoms with Crippen LogP contribution >= 0.6 is 0 Å². The minimum atomic E-state index is -2.71. The maximum atomic E-state index is 10.5. The number of rotatable bonds is 11. The first-order chi connectivity index (χ1) is 20.7. The molecule has 6 nitrogen and oxygen atoms in total. The van der Waals surface area contributed by atoms with Crippen molar-refractivity contribution >= 4 is 0 Å². The van der Waals surface area contributed by atoms with E-state index in [0.29, 0.717) is 42.2 Å². The van der Waals surface area contributed by atoms with Crippen molar-refractivity contribution in [3.63, 3.8) is 0 Å². The lowest BCUT2D eigenvalue weighted by molar-refractivity contribution is 0.248. The van der Waals surface area contributed by atoms with Crippen LogP contribution in [0.15, 0.2) is 84.9 Å². The van der Waals surface area contributed by atoms with E-state index in [1.54, 1.807) is 13.2 Å². The molecular formula is C33H35NO5. The van der Waals surface area contributed by atoms with Gasteiger partial charge in [0.1, 0.15) is 13.2 Å². The van der Waals surface area contributed by atoms with Crippen LogP contribution in [0.25, 0.3) is 0 Å². The Hall–Kier alpha value is -4.00. The Bertz CT molecular complexity index is 1530. The summed E-state index contributed by atoms with van der Waals surface area (Å²) in [5.74, 6) is 1.26. The van der Waals surface area contributed by atoms with E-state index >= 15 is 0 Å². The van der Waals surface area contributed by atoms with Gasteiger partial charge in [-0.1, -0.05) is 66.7 Å². The summed E-state index contributed by atoms with van der Waals surface area (Å²) in [6.45, 7) is 0.615. The maximum Gasteiger partial charge on any atom is 0.167 e. The fourth-order valence-electron chi connectivity index (χ4n) is 4.84. The van der Waals surface area contributed by atoms with Crippen molar-refractivity contribution in [2.45, 2.75) is 38.7 Å². The molecule has 2 N–H and O–H groups in total. The Labute approximate surface area is 235 Å². The van der Waals surface area contributed by atoms with E-state index in [1.807, 2.05) is 72.8 Å². The molecule has 39 heavy (non-hydrogen) atoms. The van der Waals surface area contributed by atoms with E-state index in [4.69, 9.17) is 23.1 Å². The van der Waals surface area contributed by atoms with E-state index in [0.717, 1.165) is 22.3 Å². The molecule has 1 atom stereocenters. The number of aliphatic hydroxyl groups is 1. The Kier molecular flexibility index (Phi) is 7.12. The second-order valence-electron chi connectivity index (χ2n) is 9.33. The van der Waals surface area contributed by atoms with Gasteiger partial charge in [0.25, 0.3) is 0 Å². The summed E-state index contributed by atoms with van der Waals surface area (Å²) in [7, 11) is -1.12. The number of methoxy groups -OCH3 is 2. The molecule has 0 aromatic heterocycles. The van der Waals surface area contributed by atoms with Crippen molar-refractivity contribution in [3.8, 4) is 23.0 Å². The van der Waals surface area contributed by atoms with E-state index in [2.05, 4.69) is 5.32 Å². The largest absolute Gasteiger partial charge is 0.493 e. The fourth-order valence-corrected chi connectivity index (χ4v) is 4.84. The topological polar surface area (TPSA) is 69.2 Å². The number of hydrogen-bond donors (Lipinski definition) is 2. The van der Waals surface area contributed by atoms with Gasteiger partial charge in [-0.25, -0.2) is 0 Å². The minimum absolute atomic E-state index is 0.00102. The second-order valence-corrected chi connectivity index (χ2v) is 9.33. The molecule has 6 heteroatoms. The standard InChI is InChI=1S/C33H35NO5/c1-36-30-14-13-25(28(20-35)33(30)39-22-24-11-7-4-8-12-24)17-29-27-19-32(38-21-23-9-5-3-6-10-23)31(37-2)18-26(27)15-16-34-29/h3-14,18-19,29,34-35H,15-17,20-22H2,1-2H3/i1D3,29D. The lowest BCUT2D eigenvalue weighted by atomic mass is 9.88. The van der Waals surface area contributed by atoms with E-state index in [9.17, 15) is 6.48 Å². The molecule has 0 radical (unpaired) electrons. The monoisotopic (exact) mass is 529 g/mol. The first kappa shape index (κ1) is 21.9. The first-order valence-electron chi connectivity index (χ1n) is 14.9. The molecule has 1 aliphatic rings. The number of fused-ring (bicyclic) bond motifs is 1. The van der Waals surface area contributed by atoms with Crippen molar-refractivity contribution in [1.82, 2.24) is 5.32 Å². The SMILES string of the molecule is [2H]C([2H])([2H])Oc1ccc(CC2([2H])NCCc3cc(OC)c(OCc4ccccc4)cc32)c(CO)c1OCc1ccccc1. The Balaban J connectivity index is 1.49. The molecule has 0 spiro atoms. The molecule has 1 unspecified atom stereocenters. The number of ether oxygens (including phenoxy) is 4. The van der Waals surface area contributed by atoms with Gasteiger partial charge in [-0.05, 0) is 65.4 Å². The van der Waals surface area contributed by atoms with Crippen molar-refractivity contribution in [2.24, 2.45) is 0 Å². The summed E-state index contributed by atoms with van der Waals surface area (Å²) < 4.78 is 55.6. The number of aliphatic hydroxyl groups excluding tert-OH is 1. The molecule has 0 fully saturated rings. The van der Waals surface area contributed by atoms with Crippen LogP contribution in [-0.4, -0.2) is 25.8 Å². The zero-order valence-corrected chi connectivity index (χ0v) is 21.9. The van der Waals surface area contributed by atoms with Crippen LogP contribution in [0.5, 0.6) is 23.0 Å². The molecule has 4 aromatic carbocycles. The van der Waals surface area contributed by atoms with Crippen LogP contribution in [-0.2, 0) is 32.7 Å². The van der Waals surface area contributed by atoms with Crippen LogP contribution < -0.4 is 24.3 Å². The molecule has 0 amide bonds. The van der Waals surface area contributed by atoms with Gasteiger partial charge in [0.2, 0.25) is 0 Å². The normalized spacial score (nSPS) is 18.1. The molecule has 0 aliphatic carbocycles. The van der Waals surface area contributed by atoms with Crippen molar-refractivity contribution in [1.29, 1.82) is 0 Å². The van der Waals surface area contributed by atoms with Crippen molar-refractivity contribution in [2.75, 3.05) is 20.7 Å². The zero-order valence-electron chi connectivity index (χ0n) is 25.9. The van der Waals surface area contributed by atoms with Crippen LogP contribution in [0.1, 0.15) is 44.9 Å². The van der Waals surface area contributed by atoms with Crippen LogP contribution in [0, 0.1) is 0 Å². The third-order valence-electron chi connectivity index (χ3n) is 6.87. The van der Waals surface area contributed by atoms with Gasteiger partial charge in [-0.2, -0.15) is 0 Å². The van der Waals surface area contributed by atoms with Gasteiger partial charge in [-0.15, -0.1) is 0 Å². The van der Waals surface area contributed by atoms with E-state index in [-0.39, 0.29) is 24.5 Å². The molecule has 0 saturated carbocycles. The van der Waals surface area contributed by atoms with E-state index < -0.39 is 19.7 Å². The van der Waals surface area contributed by atoms with E-state index in [1.165, 1.54) is 6.07 Å². The fraction of sp³-hybridized carbons (Fsp3) is 0.273. The smallest absolute Gasteiger partial charge is 0.167 e. The lowest BCUT2D eigenvalue weighted by Crippen LogP contribution is -2.31. The van der Waals surface area contributed by atoms with Crippen molar-refractivity contribution in [3.05, 3.63) is 118 Å². The summed E-state index contributed by atoms with van der Waals surface area (Å²) in [6, 6.07) is 25.0. The summed E-state index contributed by atoms with van der Waals surface area (Å²) >= 11 is 0. The third-order valence-corrected chi connectivity index (χ3v) is 6.87. The van der Waals surface area contributed by atoms with Crippen LogP contribution in [0.4, 0.5) is 0 Å². The number of nitrogens with one attached hydrogen (secondary N) is 1. The minimum Gasteiger partial charge on any atom is -0.493 e. The molecule has 1 aliphatic heterocycles. The van der Waals surface area contributed by atoms with Gasteiger partial charge < -0.3 is 29.4 Å². The summed E-state index contributed by atoms with van der Waals surface area (Å²) in [6.07, 6.45) is 0.866. The molecule has 202 valence electrons. The van der Waals surface area contributed by atoms with Gasteiger partial charge in [-0.3, -0.25) is 0 Å². The van der Waals surface area contributed by atoms with Crippen LogP contribution in [0.2, 0.25) is 0 Å². The maximum absolute atomic E-state index is 10.5. The quantitative estimate of drug-likeness (QED) is 0.257. The Morgan fingerprint density at radius 3 is 2.26 bits per heavy atom. The third kappa shape index (κ3) is 6.19. The lowest BCUT2D eigenvalue weighted by Gasteiger charge is -2.29. The van der Waals surface area contributed by atoms with Gasteiger partial charge in [0.15, 0.2) is 23.0 Å². The number of benzene rings is 4. The molecule has 0 bridgehead atoms. The highest BCUT2D eigenvalue weighted by atomic mass is 16.5. The Morgan fingerprint density at radius 2 is 1.59 bits per heavy atom. The van der Waals surface area contributed by atoms with Gasteiger partial charge >= 0.3 is 0 Å².